The van der Waals surface area contributed by atoms with Gasteiger partial charge in [-0.2, -0.15) is 0 Å². The minimum Gasteiger partial charge on any atom is -0.363 e. The average molecular weight is 197 g/mol. The molecule has 0 saturated heterocycles. The quantitative estimate of drug-likeness (QED) is 0.773. The molecule has 0 fully saturated rings. The van der Waals surface area contributed by atoms with Gasteiger partial charge in [0.25, 0.3) is 0 Å². The van der Waals surface area contributed by atoms with E-state index in [-0.39, 0.29) is 17.2 Å². The monoisotopic (exact) mass is 197 g/mol. The van der Waals surface area contributed by atoms with Crippen LogP contribution >= 0.6 is 0 Å². The minimum atomic E-state index is -0.336. The van der Waals surface area contributed by atoms with Crippen molar-refractivity contribution in [2.24, 2.45) is 5.73 Å². The van der Waals surface area contributed by atoms with Crippen LogP contribution in [0.4, 0.5) is 10.2 Å². The van der Waals surface area contributed by atoms with E-state index in [0.717, 1.165) is 6.42 Å². The van der Waals surface area contributed by atoms with Gasteiger partial charge in [0.2, 0.25) is 0 Å². The van der Waals surface area contributed by atoms with Crippen molar-refractivity contribution in [1.29, 1.82) is 0 Å². The molecule has 3 nitrogen and oxygen atoms in total. The van der Waals surface area contributed by atoms with Crippen molar-refractivity contribution in [3.8, 4) is 0 Å². The van der Waals surface area contributed by atoms with Crippen LogP contribution in [0.2, 0.25) is 0 Å². The van der Waals surface area contributed by atoms with E-state index in [9.17, 15) is 4.39 Å². The Kier molecular flexibility index (Phi) is 3.41. The predicted octanol–water partition coefficient (Wildman–Crippen LogP) is 1.76. The lowest BCUT2D eigenvalue weighted by Crippen LogP contribution is -2.34. The SMILES string of the molecule is CC(C)(CCN)Nc1ncccc1F. The molecule has 0 saturated carbocycles. The molecule has 0 aromatic carbocycles. The summed E-state index contributed by atoms with van der Waals surface area (Å²) in [4.78, 5) is 3.92. The maximum atomic E-state index is 13.2. The first-order valence-electron chi connectivity index (χ1n) is 4.64. The lowest BCUT2D eigenvalue weighted by molar-refractivity contribution is 0.516. The zero-order valence-corrected chi connectivity index (χ0v) is 8.55. The molecule has 0 bridgehead atoms. The number of nitrogens with one attached hydrogen (secondary N) is 1. The summed E-state index contributed by atoms with van der Waals surface area (Å²) < 4.78 is 13.2. The Morgan fingerprint density at radius 3 is 2.86 bits per heavy atom. The fourth-order valence-electron chi connectivity index (χ4n) is 1.22. The van der Waals surface area contributed by atoms with Crippen LogP contribution in [0.15, 0.2) is 18.3 Å². The van der Waals surface area contributed by atoms with E-state index in [1.54, 1.807) is 12.3 Å². The van der Waals surface area contributed by atoms with Gasteiger partial charge in [-0.15, -0.1) is 0 Å². The molecule has 0 amide bonds. The third-order valence-corrected chi connectivity index (χ3v) is 1.98. The van der Waals surface area contributed by atoms with Gasteiger partial charge in [0.05, 0.1) is 0 Å². The van der Waals surface area contributed by atoms with Gasteiger partial charge in [-0.3, -0.25) is 0 Å². The van der Waals surface area contributed by atoms with Gasteiger partial charge in [-0.05, 0) is 38.9 Å². The maximum Gasteiger partial charge on any atom is 0.165 e. The Labute approximate surface area is 83.5 Å². The largest absolute Gasteiger partial charge is 0.363 e. The van der Waals surface area contributed by atoms with E-state index in [4.69, 9.17) is 5.73 Å². The first kappa shape index (κ1) is 10.9. The average Bonchev–Trinajstić information content (AvgIpc) is 2.08. The van der Waals surface area contributed by atoms with Crippen molar-refractivity contribution in [3.63, 3.8) is 0 Å². The van der Waals surface area contributed by atoms with E-state index >= 15 is 0 Å². The molecule has 14 heavy (non-hydrogen) atoms. The molecule has 0 atom stereocenters. The van der Waals surface area contributed by atoms with E-state index in [1.807, 2.05) is 13.8 Å². The number of anilines is 1. The highest BCUT2D eigenvalue weighted by Crippen LogP contribution is 2.17. The molecule has 1 rings (SSSR count). The van der Waals surface area contributed by atoms with Crippen molar-refractivity contribution in [3.05, 3.63) is 24.1 Å². The molecule has 0 spiro atoms. The second kappa shape index (κ2) is 4.37. The molecule has 0 aliphatic heterocycles. The van der Waals surface area contributed by atoms with Gasteiger partial charge in [0.15, 0.2) is 11.6 Å². The van der Waals surface area contributed by atoms with Crippen molar-refractivity contribution in [1.82, 2.24) is 4.98 Å². The first-order chi connectivity index (χ1) is 6.55. The Hall–Kier alpha value is -1.16. The molecule has 0 unspecified atom stereocenters. The van der Waals surface area contributed by atoms with Crippen LogP contribution in [0, 0.1) is 5.82 Å². The molecule has 4 heteroatoms. The molecule has 3 N–H and O–H groups in total. The fourth-order valence-corrected chi connectivity index (χ4v) is 1.22. The molecule has 1 aromatic rings. The number of hydrogen-bond donors (Lipinski definition) is 2. The van der Waals surface area contributed by atoms with Crippen LogP contribution in [0.5, 0.6) is 0 Å². The maximum absolute atomic E-state index is 13.2. The number of nitrogens with two attached hydrogens (primary N) is 1. The molecular weight excluding hydrogens is 181 g/mol. The van der Waals surface area contributed by atoms with Crippen LogP contribution in [-0.4, -0.2) is 17.1 Å². The third-order valence-electron chi connectivity index (χ3n) is 1.98. The Balaban J connectivity index is 2.73. The topological polar surface area (TPSA) is 50.9 Å². The summed E-state index contributed by atoms with van der Waals surface area (Å²) >= 11 is 0. The van der Waals surface area contributed by atoms with E-state index in [1.165, 1.54) is 6.07 Å². The number of nitrogens with zero attached hydrogens (tertiary/aromatic N) is 1. The lowest BCUT2D eigenvalue weighted by atomic mass is 10.0. The normalized spacial score (nSPS) is 11.4. The molecule has 78 valence electrons. The lowest BCUT2D eigenvalue weighted by Gasteiger charge is -2.26. The van der Waals surface area contributed by atoms with Gasteiger partial charge >= 0.3 is 0 Å². The highest BCUT2D eigenvalue weighted by molar-refractivity contribution is 5.38. The van der Waals surface area contributed by atoms with Gasteiger partial charge in [0, 0.05) is 11.7 Å². The highest BCUT2D eigenvalue weighted by Gasteiger charge is 2.18. The Morgan fingerprint density at radius 2 is 2.29 bits per heavy atom. The number of rotatable bonds is 4. The summed E-state index contributed by atoms with van der Waals surface area (Å²) in [6.07, 6.45) is 2.33. The van der Waals surface area contributed by atoms with Crippen molar-refractivity contribution in [2.45, 2.75) is 25.8 Å². The summed E-state index contributed by atoms with van der Waals surface area (Å²) in [7, 11) is 0. The number of aromatic nitrogens is 1. The van der Waals surface area contributed by atoms with E-state index in [0.29, 0.717) is 6.54 Å². The second-order valence-corrected chi connectivity index (χ2v) is 3.88. The van der Waals surface area contributed by atoms with Crippen LogP contribution in [0.1, 0.15) is 20.3 Å². The summed E-state index contributed by atoms with van der Waals surface area (Å²) in [5.41, 5.74) is 5.22. The Morgan fingerprint density at radius 1 is 1.57 bits per heavy atom. The number of pyridine rings is 1. The van der Waals surface area contributed by atoms with Crippen molar-refractivity contribution in [2.75, 3.05) is 11.9 Å². The fraction of sp³-hybridized carbons (Fsp3) is 0.500. The summed E-state index contributed by atoms with van der Waals surface area (Å²) in [5.74, 6) is -0.0523. The van der Waals surface area contributed by atoms with Crippen LogP contribution in [0.3, 0.4) is 0 Å². The Bertz CT molecular complexity index is 299. The zero-order valence-electron chi connectivity index (χ0n) is 8.55. The van der Waals surface area contributed by atoms with Crippen molar-refractivity contribution < 1.29 is 4.39 Å². The number of hydrogen-bond acceptors (Lipinski definition) is 3. The molecule has 0 radical (unpaired) electrons. The zero-order chi connectivity index (χ0) is 10.6. The number of halogens is 1. The van der Waals surface area contributed by atoms with Crippen LogP contribution in [0.25, 0.3) is 0 Å². The molecular formula is C10H16FN3. The third kappa shape index (κ3) is 2.96. The van der Waals surface area contributed by atoms with E-state index < -0.39 is 0 Å². The summed E-state index contributed by atoms with van der Waals surface area (Å²) in [6, 6.07) is 2.95. The van der Waals surface area contributed by atoms with Crippen LogP contribution in [-0.2, 0) is 0 Å². The molecule has 1 aromatic heterocycles. The predicted molar refractivity (Wildman–Crippen MR) is 55.6 cm³/mol. The smallest absolute Gasteiger partial charge is 0.165 e. The van der Waals surface area contributed by atoms with Crippen LogP contribution < -0.4 is 11.1 Å². The van der Waals surface area contributed by atoms with Gasteiger partial charge in [-0.25, -0.2) is 9.37 Å². The van der Waals surface area contributed by atoms with E-state index in [2.05, 4.69) is 10.3 Å². The molecule has 1 heterocycles. The standard InChI is InChI=1S/C10H16FN3/c1-10(2,5-6-12)14-9-8(11)4-3-7-13-9/h3-4,7H,5-6,12H2,1-2H3,(H,13,14). The van der Waals surface area contributed by atoms with Gasteiger partial charge in [-0.1, -0.05) is 0 Å². The first-order valence-corrected chi connectivity index (χ1v) is 4.64. The van der Waals surface area contributed by atoms with Gasteiger partial charge in [0.1, 0.15) is 0 Å². The van der Waals surface area contributed by atoms with Gasteiger partial charge < -0.3 is 11.1 Å². The highest BCUT2D eigenvalue weighted by atomic mass is 19.1. The second-order valence-electron chi connectivity index (χ2n) is 3.88. The summed E-state index contributed by atoms with van der Waals surface area (Å²) in [5, 5.41) is 3.02. The molecule has 0 aliphatic carbocycles. The molecule has 0 aliphatic rings. The van der Waals surface area contributed by atoms with Crippen molar-refractivity contribution >= 4 is 5.82 Å². The summed E-state index contributed by atoms with van der Waals surface area (Å²) in [6.45, 7) is 4.50. The minimum absolute atomic E-state index is 0.232.